The van der Waals surface area contributed by atoms with Crippen molar-refractivity contribution in [3.8, 4) is 0 Å². The van der Waals surface area contributed by atoms with Gasteiger partial charge in [-0.1, -0.05) is 0 Å². The second kappa shape index (κ2) is 4.40. The fraction of sp³-hybridized carbons (Fsp3) is 0.455. The summed E-state index contributed by atoms with van der Waals surface area (Å²) in [7, 11) is 0. The summed E-state index contributed by atoms with van der Waals surface area (Å²) in [5.41, 5.74) is 0.0725. The maximum absolute atomic E-state index is 13.4. The van der Waals surface area contributed by atoms with Gasteiger partial charge in [0.2, 0.25) is 0 Å². The molecule has 0 heterocycles. The van der Waals surface area contributed by atoms with Crippen molar-refractivity contribution < 1.29 is 9.31 Å². The molecular weight excluding hydrogens is 338 g/mol. The average molecular weight is 350 g/mol. The van der Waals surface area contributed by atoms with E-state index in [1.807, 2.05) is 6.92 Å². The molecule has 0 radical (unpaired) electrons. The zero-order valence-corrected chi connectivity index (χ0v) is 11.5. The van der Waals surface area contributed by atoms with Gasteiger partial charge in [-0.2, -0.15) is 0 Å². The van der Waals surface area contributed by atoms with E-state index in [1.165, 1.54) is 12.1 Å². The molecule has 1 aliphatic carbocycles. The lowest BCUT2D eigenvalue weighted by Crippen LogP contribution is -2.41. The zero-order valence-electron chi connectivity index (χ0n) is 9.30. The SMILES string of the molecule is CC1(Nc2cc(F)c(I)cc2[N+](=O)[O-])CCC1. The molecule has 1 N–H and O–H groups in total. The van der Waals surface area contributed by atoms with Gasteiger partial charge in [-0.15, -0.1) is 0 Å². The van der Waals surface area contributed by atoms with Crippen LogP contribution in [0.3, 0.4) is 0 Å². The molecule has 17 heavy (non-hydrogen) atoms. The van der Waals surface area contributed by atoms with Gasteiger partial charge in [0, 0.05) is 17.7 Å². The van der Waals surface area contributed by atoms with Crippen molar-refractivity contribution in [3.05, 3.63) is 31.6 Å². The highest BCUT2D eigenvalue weighted by atomic mass is 127. The van der Waals surface area contributed by atoms with E-state index in [2.05, 4.69) is 5.32 Å². The first kappa shape index (κ1) is 12.5. The Labute approximate surface area is 112 Å². The predicted molar refractivity (Wildman–Crippen MR) is 71.7 cm³/mol. The minimum Gasteiger partial charge on any atom is -0.374 e. The molecule has 1 aromatic rings. The summed E-state index contributed by atoms with van der Waals surface area (Å²) in [5, 5.41) is 14.0. The fourth-order valence-corrected chi connectivity index (χ4v) is 2.40. The van der Waals surface area contributed by atoms with E-state index in [-0.39, 0.29) is 20.5 Å². The number of nitro groups is 1. The van der Waals surface area contributed by atoms with Crippen LogP contribution in [-0.2, 0) is 0 Å². The van der Waals surface area contributed by atoms with Crippen molar-refractivity contribution in [2.24, 2.45) is 0 Å². The van der Waals surface area contributed by atoms with Crippen LogP contribution in [0.2, 0.25) is 0 Å². The van der Waals surface area contributed by atoms with Crippen LogP contribution in [0, 0.1) is 19.5 Å². The molecule has 0 aromatic heterocycles. The molecule has 1 aliphatic rings. The monoisotopic (exact) mass is 350 g/mol. The third kappa shape index (κ3) is 2.51. The molecule has 0 bridgehead atoms. The highest BCUT2D eigenvalue weighted by Gasteiger charge is 2.33. The first-order valence-corrected chi connectivity index (χ1v) is 6.41. The summed E-state index contributed by atoms with van der Waals surface area (Å²) in [4.78, 5) is 10.4. The number of nitrogens with one attached hydrogen (secondary N) is 1. The standard InChI is InChI=1S/C11H12FIN2O2/c1-11(3-2-4-11)14-9-5-7(12)8(13)6-10(9)15(16)17/h5-6,14H,2-4H2,1H3. The molecule has 92 valence electrons. The van der Waals surface area contributed by atoms with E-state index in [0.717, 1.165) is 19.3 Å². The first-order valence-electron chi connectivity index (χ1n) is 5.33. The number of halogens is 2. The van der Waals surface area contributed by atoms with E-state index < -0.39 is 10.7 Å². The molecule has 1 fully saturated rings. The molecular formula is C11H12FIN2O2. The van der Waals surface area contributed by atoms with Gasteiger partial charge in [-0.05, 0) is 48.8 Å². The van der Waals surface area contributed by atoms with E-state index in [1.54, 1.807) is 22.6 Å². The summed E-state index contributed by atoms with van der Waals surface area (Å²) in [6.45, 7) is 2.00. The van der Waals surface area contributed by atoms with Crippen molar-refractivity contribution in [2.75, 3.05) is 5.32 Å². The molecule has 0 atom stereocenters. The maximum atomic E-state index is 13.4. The van der Waals surface area contributed by atoms with Crippen molar-refractivity contribution in [3.63, 3.8) is 0 Å². The van der Waals surface area contributed by atoms with Gasteiger partial charge in [0.15, 0.2) is 0 Å². The molecule has 0 aliphatic heterocycles. The summed E-state index contributed by atoms with van der Waals surface area (Å²) in [6, 6.07) is 2.48. The van der Waals surface area contributed by atoms with Crippen LogP contribution in [0.1, 0.15) is 26.2 Å². The van der Waals surface area contributed by atoms with Crippen LogP contribution in [0.15, 0.2) is 12.1 Å². The summed E-state index contributed by atoms with van der Waals surface area (Å²) >= 11 is 1.75. The minimum atomic E-state index is -0.480. The normalized spacial score (nSPS) is 17.4. The van der Waals surface area contributed by atoms with Gasteiger partial charge < -0.3 is 5.32 Å². The summed E-state index contributed by atoms with van der Waals surface area (Å²) in [6.07, 6.45) is 3.01. The van der Waals surface area contributed by atoms with E-state index >= 15 is 0 Å². The molecule has 0 amide bonds. The van der Waals surface area contributed by atoms with Gasteiger partial charge in [0.25, 0.3) is 5.69 Å². The van der Waals surface area contributed by atoms with Crippen molar-refractivity contribution >= 4 is 34.0 Å². The van der Waals surface area contributed by atoms with E-state index in [9.17, 15) is 14.5 Å². The number of nitrogens with zero attached hydrogens (tertiary/aromatic N) is 1. The molecule has 2 rings (SSSR count). The van der Waals surface area contributed by atoms with Gasteiger partial charge >= 0.3 is 0 Å². The number of nitro benzene ring substituents is 1. The Morgan fingerprint density at radius 3 is 2.65 bits per heavy atom. The molecule has 1 saturated carbocycles. The predicted octanol–water partition coefficient (Wildman–Crippen LogP) is 3.69. The van der Waals surface area contributed by atoms with Crippen LogP contribution in [0.25, 0.3) is 0 Å². The number of anilines is 1. The smallest absolute Gasteiger partial charge is 0.293 e. The second-order valence-corrected chi connectivity index (χ2v) is 5.74. The molecule has 1 aromatic carbocycles. The average Bonchev–Trinajstić information content (AvgIpc) is 2.20. The van der Waals surface area contributed by atoms with Crippen LogP contribution >= 0.6 is 22.6 Å². The minimum absolute atomic E-state index is 0.0658. The maximum Gasteiger partial charge on any atom is 0.293 e. The molecule has 0 saturated heterocycles. The van der Waals surface area contributed by atoms with Gasteiger partial charge in [-0.25, -0.2) is 4.39 Å². The third-order valence-corrected chi connectivity index (χ3v) is 3.96. The molecule has 4 nitrogen and oxygen atoms in total. The molecule has 0 spiro atoms. The van der Waals surface area contributed by atoms with Crippen molar-refractivity contribution in [2.45, 2.75) is 31.7 Å². The van der Waals surface area contributed by atoms with E-state index in [0.29, 0.717) is 0 Å². The number of hydrogen-bond acceptors (Lipinski definition) is 3. The Morgan fingerprint density at radius 1 is 1.53 bits per heavy atom. The lowest BCUT2D eigenvalue weighted by atomic mass is 9.78. The molecule has 6 heteroatoms. The largest absolute Gasteiger partial charge is 0.374 e. The van der Waals surface area contributed by atoms with Crippen molar-refractivity contribution in [1.29, 1.82) is 0 Å². The number of benzene rings is 1. The highest BCUT2D eigenvalue weighted by molar-refractivity contribution is 14.1. The summed E-state index contributed by atoms with van der Waals surface area (Å²) < 4.78 is 13.7. The lowest BCUT2D eigenvalue weighted by Gasteiger charge is -2.39. The second-order valence-electron chi connectivity index (χ2n) is 4.58. The Kier molecular flexibility index (Phi) is 3.24. The highest BCUT2D eigenvalue weighted by Crippen LogP contribution is 2.38. The fourth-order valence-electron chi connectivity index (χ4n) is 1.94. The van der Waals surface area contributed by atoms with Crippen LogP contribution in [0.4, 0.5) is 15.8 Å². The third-order valence-electron chi connectivity index (χ3n) is 3.13. The van der Waals surface area contributed by atoms with Crippen LogP contribution < -0.4 is 5.32 Å². The van der Waals surface area contributed by atoms with Crippen LogP contribution in [-0.4, -0.2) is 10.5 Å². The quantitative estimate of drug-likeness (QED) is 0.514. The van der Waals surface area contributed by atoms with Crippen molar-refractivity contribution in [1.82, 2.24) is 0 Å². The molecule has 0 unspecified atom stereocenters. The van der Waals surface area contributed by atoms with Gasteiger partial charge in [0.05, 0.1) is 8.49 Å². The number of rotatable bonds is 3. The Morgan fingerprint density at radius 2 is 2.18 bits per heavy atom. The first-order chi connectivity index (χ1) is 7.91. The van der Waals surface area contributed by atoms with E-state index in [4.69, 9.17) is 0 Å². The van der Waals surface area contributed by atoms with Crippen LogP contribution in [0.5, 0.6) is 0 Å². The Balaban J connectivity index is 2.37. The number of hydrogen-bond donors (Lipinski definition) is 1. The Bertz CT molecular complexity index is 475. The lowest BCUT2D eigenvalue weighted by molar-refractivity contribution is -0.384. The summed E-state index contributed by atoms with van der Waals surface area (Å²) in [5.74, 6) is -0.429. The zero-order chi connectivity index (χ0) is 12.6. The Hall–Kier alpha value is -0.920. The van der Waals surface area contributed by atoms with Gasteiger partial charge in [0.1, 0.15) is 11.5 Å². The van der Waals surface area contributed by atoms with Gasteiger partial charge in [-0.3, -0.25) is 10.1 Å². The topological polar surface area (TPSA) is 55.2 Å².